The van der Waals surface area contributed by atoms with Crippen molar-refractivity contribution in [2.75, 3.05) is 11.4 Å². The van der Waals surface area contributed by atoms with Gasteiger partial charge in [0.15, 0.2) is 0 Å². The molecule has 0 amide bonds. The topological polar surface area (TPSA) is 21.7 Å². The maximum absolute atomic E-state index is 6.13. The van der Waals surface area contributed by atoms with Gasteiger partial charge in [0.25, 0.3) is 0 Å². The monoisotopic (exact) mass is 467 g/mol. The minimum Gasteiger partial charge on any atom is -0.457 e. The van der Waals surface area contributed by atoms with Crippen molar-refractivity contribution in [2.45, 2.75) is 42.4 Å². The summed E-state index contributed by atoms with van der Waals surface area (Å²) in [4.78, 5) is 4.86. The van der Waals surface area contributed by atoms with E-state index in [0.717, 1.165) is 29.5 Å². The van der Waals surface area contributed by atoms with Gasteiger partial charge in [-0.15, -0.1) is 0 Å². The number of nitrogens with zero attached hydrogens (tertiary/aromatic N) is 1. The molecule has 4 aromatic carbocycles. The molecular weight excluding hydrogens is 438 g/mol. The molecule has 3 nitrogen and oxygen atoms in total. The van der Waals surface area contributed by atoms with Crippen LogP contribution in [0.4, 0.5) is 11.4 Å². The summed E-state index contributed by atoms with van der Waals surface area (Å²) < 4.78 is 12.3. The standard InChI is InChI=1S/C30H29NO2S/c1-2-3-4-11-20-31-27-18-16-25(32-23-12-7-5-8-13-23)21-29(27)34-30-22-26(17-19-28(30)31)33-24-14-9-6-10-15-24/h5-10,12-19,21-22H,2-4,11,20H2,1H3. The van der Waals surface area contributed by atoms with Gasteiger partial charge in [-0.2, -0.15) is 0 Å². The van der Waals surface area contributed by atoms with E-state index in [-0.39, 0.29) is 0 Å². The van der Waals surface area contributed by atoms with Crippen molar-refractivity contribution < 1.29 is 9.47 Å². The highest BCUT2D eigenvalue weighted by Crippen LogP contribution is 2.50. The Morgan fingerprint density at radius 1 is 0.588 bits per heavy atom. The maximum Gasteiger partial charge on any atom is 0.128 e. The van der Waals surface area contributed by atoms with E-state index >= 15 is 0 Å². The summed E-state index contributed by atoms with van der Waals surface area (Å²) in [5, 5.41) is 0. The van der Waals surface area contributed by atoms with Gasteiger partial charge in [0.1, 0.15) is 23.0 Å². The van der Waals surface area contributed by atoms with Crippen LogP contribution in [0, 0.1) is 0 Å². The second kappa shape index (κ2) is 10.7. The van der Waals surface area contributed by atoms with Crippen LogP contribution in [0.3, 0.4) is 0 Å². The number of fused-ring (bicyclic) bond motifs is 2. The Hall–Kier alpha value is -3.37. The molecule has 0 aromatic heterocycles. The van der Waals surface area contributed by atoms with Gasteiger partial charge in [-0.25, -0.2) is 0 Å². The third-order valence-electron chi connectivity index (χ3n) is 5.86. The largest absolute Gasteiger partial charge is 0.457 e. The number of ether oxygens (including phenoxy) is 2. The summed E-state index contributed by atoms with van der Waals surface area (Å²) in [7, 11) is 0. The van der Waals surface area contributed by atoms with Gasteiger partial charge in [-0.05, 0) is 67.1 Å². The Morgan fingerprint density at radius 3 is 1.62 bits per heavy atom. The van der Waals surface area contributed by atoms with Crippen molar-refractivity contribution in [2.24, 2.45) is 0 Å². The van der Waals surface area contributed by atoms with Crippen LogP contribution in [-0.2, 0) is 0 Å². The number of unbranched alkanes of at least 4 members (excludes halogenated alkanes) is 3. The second-order valence-corrected chi connectivity index (χ2v) is 9.49. The lowest BCUT2D eigenvalue weighted by Gasteiger charge is -2.33. The van der Waals surface area contributed by atoms with Crippen molar-refractivity contribution in [1.82, 2.24) is 0 Å². The Labute approximate surface area is 206 Å². The lowest BCUT2D eigenvalue weighted by atomic mass is 10.1. The molecule has 0 N–H and O–H groups in total. The van der Waals surface area contributed by atoms with E-state index in [1.54, 1.807) is 11.8 Å². The zero-order valence-corrected chi connectivity index (χ0v) is 20.3. The molecule has 4 heteroatoms. The molecule has 0 spiro atoms. The first-order valence-electron chi connectivity index (χ1n) is 12.0. The van der Waals surface area contributed by atoms with Crippen LogP contribution >= 0.6 is 11.8 Å². The fourth-order valence-corrected chi connectivity index (χ4v) is 5.31. The second-order valence-electron chi connectivity index (χ2n) is 8.40. The van der Waals surface area contributed by atoms with Crippen LogP contribution in [0.25, 0.3) is 0 Å². The van der Waals surface area contributed by atoms with Gasteiger partial charge in [0.05, 0.1) is 11.4 Å². The number of anilines is 2. The Morgan fingerprint density at radius 2 is 1.12 bits per heavy atom. The molecule has 0 saturated carbocycles. The van der Waals surface area contributed by atoms with Crippen molar-refractivity contribution in [3.05, 3.63) is 97.1 Å². The Kier molecular flexibility index (Phi) is 7.06. The molecule has 1 heterocycles. The summed E-state index contributed by atoms with van der Waals surface area (Å²) in [5.74, 6) is 3.39. The Balaban J connectivity index is 1.44. The van der Waals surface area contributed by atoms with Crippen molar-refractivity contribution in [3.63, 3.8) is 0 Å². The predicted molar refractivity (Wildman–Crippen MR) is 141 cm³/mol. The van der Waals surface area contributed by atoms with Crippen molar-refractivity contribution in [3.8, 4) is 23.0 Å². The van der Waals surface area contributed by atoms with E-state index in [1.807, 2.05) is 60.7 Å². The van der Waals surface area contributed by atoms with Crippen molar-refractivity contribution >= 4 is 23.1 Å². The summed E-state index contributed by atoms with van der Waals surface area (Å²) >= 11 is 1.78. The third kappa shape index (κ3) is 5.23. The van der Waals surface area contributed by atoms with Gasteiger partial charge in [0.2, 0.25) is 0 Å². The first-order valence-corrected chi connectivity index (χ1v) is 12.8. The van der Waals surface area contributed by atoms with E-state index in [1.165, 1.54) is 46.8 Å². The molecule has 0 atom stereocenters. The van der Waals surface area contributed by atoms with Gasteiger partial charge in [-0.3, -0.25) is 0 Å². The molecule has 0 unspecified atom stereocenters. The van der Waals surface area contributed by atoms with Gasteiger partial charge in [0, 0.05) is 16.3 Å². The van der Waals surface area contributed by atoms with Crippen LogP contribution in [0.15, 0.2) is 107 Å². The SMILES string of the molecule is CCCCCCN1c2ccc(Oc3ccccc3)cc2Sc2cc(Oc3ccccc3)ccc21. The number of hydrogen-bond acceptors (Lipinski definition) is 4. The molecule has 172 valence electrons. The summed E-state index contributed by atoms with van der Waals surface area (Å²) in [6.07, 6.45) is 4.93. The molecule has 34 heavy (non-hydrogen) atoms. The van der Waals surface area contributed by atoms with Crippen LogP contribution in [0.1, 0.15) is 32.6 Å². The predicted octanol–water partition coefficient (Wildman–Crippen LogP) is 9.45. The number of para-hydroxylation sites is 2. The summed E-state index contributed by atoms with van der Waals surface area (Å²) in [5.41, 5.74) is 2.48. The van der Waals surface area contributed by atoms with Crippen LogP contribution in [0.5, 0.6) is 23.0 Å². The molecule has 0 bridgehead atoms. The van der Waals surface area contributed by atoms with Crippen LogP contribution in [0.2, 0.25) is 0 Å². The van der Waals surface area contributed by atoms with Gasteiger partial charge < -0.3 is 14.4 Å². The van der Waals surface area contributed by atoms with Crippen LogP contribution < -0.4 is 14.4 Å². The molecule has 0 fully saturated rings. The maximum atomic E-state index is 6.13. The summed E-state index contributed by atoms with van der Waals surface area (Å²) in [6.45, 7) is 3.25. The molecule has 0 saturated heterocycles. The highest BCUT2D eigenvalue weighted by atomic mass is 32.2. The van der Waals surface area contributed by atoms with E-state index in [2.05, 4.69) is 48.2 Å². The number of rotatable bonds is 9. The quantitative estimate of drug-likeness (QED) is 0.228. The fourth-order valence-electron chi connectivity index (χ4n) is 4.16. The highest BCUT2D eigenvalue weighted by Gasteiger charge is 2.24. The molecule has 4 aromatic rings. The van der Waals surface area contributed by atoms with E-state index in [9.17, 15) is 0 Å². The smallest absolute Gasteiger partial charge is 0.128 e. The zero-order valence-electron chi connectivity index (χ0n) is 19.4. The molecule has 5 rings (SSSR count). The average molecular weight is 468 g/mol. The average Bonchev–Trinajstić information content (AvgIpc) is 2.87. The molecule has 0 aliphatic carbocycles. The molecule has 1 aliphatic heterocycles. The lowest BCUT2D eigenvalue weighted by molar-refractivity contribution is 0.481. The first kappa shape index (κ1) is 22.4. The minimum atomic E-state index is 0.846. The van der Waals surface area contributed by atoms with Crippen LogP contribution in [-0.4, -0.2) is 6.54 Å². The first-order chi connectivity index (χ1) is 16.8. The normalized spacial score (nSPS) is 12.1. The van der Waals surface area contributed by atoms with E-state index < -0.39 is 0 Å². The van der Waals surface area contributed by atoms with Crippen molar-refractivity contribution in [1.29, 1.82) is 0 Å². The lowest BCUT2D eigenvalue weighted by Crippen LogP contribution is -2.22. The summed E-state index contributed by atoms with van der Waals surface area (Å²) in [6, 6.07) is 32.7. The molecular formula is C30H29NO2S. The van der Waals surface area contributed by atoms with Gasteiger partial charge in [-0.1, -0.05) is 74.3 Å². The zero-order chi connectivity index (χ0) is 23.2. The van der Waals surface area contributed by atoms with E-state index in [0.29, 0.717) is 0 Å². The molecule has 0 radical (unpaired) electrons. The van der Waals surface area contributed by atoms with Gasteiger partial charge >= 0.3 is 0 Å². The third-order valence-corrected chi connectivity index (χ3v) is 6.95. The minimum absolute atomic E-state index is 0.846. The van der Waals surface area contributed by atoms with E-state index in [4.69, 9.17) is 9.47 Å². The fraction of sp³-hybridized carbons (Fsp3) is 0.200. The Bertz CT molecular complexity index is 1140. The number of benzene rings is 4. The number of hydrogen-bond donors (Lipinski definition) is 0. The highest BCUT2D eigenvalue weighted by molar-refractivity contribution is 7.99. The molecule has 1 aliphatic rings.